The molecule has 1 aliphatic heterocycles. The van der Waals surface area contributed by atoms with Gasteiger partial charge in [0.05, 0.1) is 17.2 Å². The topological polar surface area (TPSA) is 88.2 Å². The number of halogens is 1. The van der Waals surface area contributed by atoms with Gasteiger partial charge in [-0.25, -0.2) is 15.0 Å². The lowest BCUT2D eigenvalue weighted by Crippen LogP contribution is -2.47. The van der Waals surface area contributed by atoms with Crippen molar-refractivity contribution in [1.82, 2.24) is 15.0 Å². The van der Waals surface area contributed by atoms with E-state index in [4.69, 9.17) is 22.3 Å². The lowest BCUT2D eigenvalue weighted by atomic mass is 9.75. The molecule has 146 valence electrons. The Bertz CT molecular complexity index is 809. The van der Waals surface area contributed by atoms with Crippen LogP contribution in [-0.2, 0) is 6.61 Å². The monoisotopic (exact) mass is 407 g/mol. The smallest absolute Gasteiger partial charge is 0.153 e. The van der Waals surface area contributed by atoms with Crippen LogP contribution in [0.1, 0.15) is 38.1 Å². The molecule has 1 saturated heterocycles. The van der Waals surface area contributed by atoms with Gasteiger partial charge in [-0.2, -0.15) is 0 Å². The maximum absolute atomic E-state index is 9.88. The van der Waals surface area contributed by atoms with Crippen molar-refractivity contribution in [1.29, 1.82) is 0 Å². The summed E-state index contributed by atoms with van der Waals surface area (Å²) >= 11 is 7.57. The van der Waals surface area contributed by atoms with Crippen LogP contribution < -0.4 is 10.6 Å². The van der Waals surface area contributed by atoms with Gasteiger partial charge in [0.25, 0.3) is 0 Å². The number of pyridine rings is 1. The van der Waals surface area contributed by atoms with Gasteiger partial charge in [-0.15, -0.1) is 0 Å². The zero-order valence-electron chi connectivity index (χ0n) is 15.9. The number of hydrogen-bond donors (Lipinski definition) is 2. The molecule has 0 bridgehead atoms. The lowest BCUT2D eigenvalue weighted by molar-refractivity contribution is 0.204. The zero-order valence-corrected chi connectivity index (χ0v) is 17.5. The molecule has 2 aromatic heterocycles. The molecule has 3 heterocycles. The first-order valence-electron chi connectivity index (χ1n) is 9.11. The Balaban J connectivity index is 1.84. The number of anilines is 1. The van der Waals surface area contributed by atoms with Crippen molar-refractivity contribution < 1.29 is 5.11 Å². The maximum Gasteiger partial charge on any atom is 0.153 e. The van der Waals surface area contributed by atoms with E-state index in [2.05, 4.69) is 28.7 Å². The van der Waals surface area contributed by atoms with Crippen LogP contribution >= 0.6 is 23.4 Å². The third kappa shape index (κ3) is 4.37. The summed E-state index contributed by atoms with van der Waals surface area (Å²) in [5.74, 6) is 0.767. The number of nitrogens with two attached hydrogens (primary N) is 1. The van der Waals surface area contributed by atoms with Gasteiger partial charge >= 0.3 is 0 Å². The second-order valence-corrected chi connectivity index (χ2v) is 8.76. The Morgan fingerprint density at radius 2 is 2.07 bits per heavy atom. The maximum atomic E-state index is 9.88. The predicted octanol–water partition coefficient (Wildman–Crippen LogP) is 3.43. The minimum atomic E-state index is -0.155. The number of aliphatic hydroxyl groups excluding tert-OH is 1. The second-order valence-electron chi connectivity index (χ2n) is 7.37. The Hall–Kier alpha value is -1.41. The van der Waals surface area contributed by atoms with Crippen molar-refractivity contribution in [3.63, 3.8) is 0 Å². The zero-order chi connectivity index (χ0) is 19.6. The van der Waals surface area contributed by atoms with E-state index in [1.165, 1.54) is 11.8 Å². The van der Waals surface area contributed by atoms with Crippen molar-refractivity contribution in [2.24, 2.45) is 11.1 Å². The number of aromatic nitrogens is 3. The summed E-state index contributed by atoms with van der Waals surface area (Å²) < 4.78 is 0. The number of rotatable bonds is 5. The summed E-state index contributed by atoms with van der Waals surface area (Å²) in [5, 5.41) is 11.0. The molecule has 3 rings (SSSR count). The number of hydrogen-bond acceptors (Lipinski definition) is 7. The van der Waals surface area contributed by atoms with Crippen molar-refractivity contribution in [3.05, 3.63) is 34.9 Å². The van der Waals surface area contributed by atoms with Crippen LogP contribution in [0.5, 0.6) is 0 Å². The van der Waals surface area contributed by atoms with Crippen LogP contribution in [0.2, 0.25) is 5.15 Å². The van der Waals surface area contributed by atoms with Gasteiger partial charge in [0.2, 0.25) is 0 Å². The molecule has 2 aromatic rings. The van der Waals surface area contributed by atoms with Crippen molar-refractivity contribution in [2.45, 2.75) is 56.2 Å². The molecule has 6 nitrogen and oxygen atoms in total. The number of piperidine rings is 1. The van der Waals surface area contributed by atoms with E-state index in [1.807, 2.05) is 19.1 Å². The van der Waals surface area contributed by atoms with Crippen molar-refractivity contribution in [3.8, 4) is 0 Å². The fraction of sp³-hybridized carbons (Fsp3) is 0.526. The van der Waals surface area contributed by atoms with Crippen molar-refractivity contribution in [2.75, 3.05) is 18.0 Å². The Morgan fingerprint density at radius 1 is 1.37 bits per heavy atom. The molecule has 1 atom stereocenters. The Kier molecular flexibility index (Phi) is 6.25. The molecule has 3 N–H and O–H groups in total. The van der Waals surface area contributed by atoms with Gasteiger partial charge in [-0.1, -0.05) is 30.3 Å². The van der Waals surface area contributed by atoms with Crippen molar-refractivity contribution >= 4 is 29.2 Å². The Labute approximate surface area is 169 Å². The number of nitrogens with zero attached hydrogens (tertiary/aromatic N) is 4. The van der Waals surface area contributed by atoms with E-state index in [0.717, 1.165) is 47.4 Å². The van der Waals surface area contributed by atoms with E-state index < -0.39 is 0 Å². The normalized spacial score (nSPS) is 17.8. The van der Waals surface area contributed by atoms with Crippen LogP contribution in [0.3, 0.4) is 0 Å². The summed E-state index contributed by atoms with van der Waals surface area (Å²) in [7, 11) is 0. The molecule has 1 fully saturated rings. The average Bonchev–Trinajstić information content (AvgIpc) is 2.65. The summed E-state index contributed by atoms with van der Waals surface area (Å²) in [6.45, 7) is 7.82. The standard InChI is InChI=1S/C19H26ClN5OS/c1-12-18(27-15-5-4-8-22-16(15)20)24-14(11-26)17(23-12)25-9-6-19(3,7-10-25)13(2)21/h4-5,8,13,26H,6-7,9-11,21H2,1-3H3. The van der Waals surface area contributed by atoms with Gasteiger partial charge in [0.15, 0.2) is 5.82 Å². The van der Waals surface area contributed by atoms with E-state index in [1.54, 1.807) is 6.20 Å². The van der Waals surface area contributed by atoms with Crippen LogP contribution in [0.15, 0.2) is 28.3 Å². The van der Waals surface area contributed by atoms with E-state index >= 15 is 0 Å². The molecule has 1 aliphatic rings. The highest BCUT2D eigenvalue weighted by molar-refractivity contribution is 7.99. The molecule has 1 unspecified atom stereocenters. The summed E-state index contributed by atoms with van der Waals surface area (Å²) in [6.07, 6.45) is 3.65. The quantitative estimate of drug-likeness (QED) is 0.734. The molecular weight excluding hydrogens is 382 g/mol. The van der Waals surface area contributed by atoms with Crippen LogP contribution in [0, 0.1) is 12.3 Å². The molecule has 0 saturated carbocycles. The van der Waals surface area contributed by atoms with E-state index in [0.29, 0.717) is 10.8 Å². The second kappa shape index (κ2) is 8.31. The van der Waals surface area contributed by atoms with Gasteiger partial charge in [-0.05, 0) is 44.2 Å². The van der Waals surface area contributed by atoms with Gasteiger partial charge < -0.3 is 15.7 Å². The summed E-state index contributed by atoms with van der Waals surface area (Å²) in [4.78, 5) is 16.6. The minimum absolute atomic E-state index is 0.144. The number of aliphatic hydroxyl groups is 1. The molecule has 27 heavy (non-hydrogen) atoms. The van der Waals surface area contributed by atoms with E-state index in [-0.39, 0.29) is 18.1 Å². The molecule has 0 amide bonds. The largest absolute Gasteiger partial charge is 0.390 e. The minimum Gasteiger partial charge on any atom is -0.390 e. The summed E-state index contributed by atoms with van der Waals surface area (Å²) in [6, 6.07) is 3.89. The highest BCUT2D eigenvalue weighted by Gasteiger charge is 2.34. The SMILES string of the molecule is Cc1nc(N2CCC(C)(C(C)N)CC2)c(CO)nc1Sc1cccnc1Cl. The summed E-state index contributed by atoms with van der Waals surface area (Å²) in [5.41, 5.74) is 7.71. The van der Waals surface area contributed by atoms with E-state index in [9.17, 15) is 5.11 Å². The molecule has 0 aromatic carbocycles. The van der Waals surface area contributed by atoms with Crippen LogP contribution in [0.4, 0.5) is 5.82 Å². The predicted molar refractivity (Wildman–Crippen MR) is 109 cm³/mol. The number of aryl methyl sites for hydroxylation is 1. The van der Waals surface area contributed by atoms with Gasteiger partial charge in [0.1, 0.15) is 15.9 Å². The average molecular weight is 408 g/mol. The highest BCUT2D eigenvalue weighted by Crippen LogP contribution is 2.37. The third-order valence-electron chi connectivity index (χ3n) is 5.46. The molecule has 8 heteroatoms. The lowest BCUT2D eigenvalue weighted by Gasteiger charge is -2.42. The molecule has 0 spiro atoms. The fourth-order valence-corrected chi connectivity index (χ4v) is 4.29. The van der Waals surface area contributed by atoms with Gasteiger partial charge in [-0.3, -0.25) is 0 Å². The first-order valence-corrected chi connectivity index (χ1v) is 10.3. The first-order chi connectivity index (χ1) is 12.8. The van der Waals surface area contributed by atoms with Gasteiger partial charge in [0, 0.05) is 25.3 Å². The first kappa shape index (κ1) is 20.3. The Morgan fingerprint density at radius 3 is 2.67 bits per heavy atom. The molecule has 0 radical (unpaired) electrons. The highest BCUT2D eigenvalue weighted by atomic mass is 35.5. The third-order valence-corrected chi connectivity index (χ3v) is 7.01. The fourth-order valence-electron chi connectivity index (χ4n) is 3.22. The molecule has 0 aliphatic carbocycles. The van der Waals surface area contributed by atoms with Crippen LogP contribution in [-0.4, -0.2) is 39.2 Å². The molecular formula is C19H26ClN5OS. The van der Waals surface area contributed by atoms with Crippen LogP contribution in [0.25, 0.3) is 0 Å².